The number of anilines is 1. The van der Waals surface area contributed by atoms with Gasteiger partial charge in [0.05, 0.1) is 5.56 Å². The minimum Gasteiger partial charge on any atom is -0.348 e. The van der Waals surface area contributed by atoms with Crippen LogP contribution >= 0.6 is 0 Å². The molecule has 1 aromatic rings. The van der Waals surface area contributed by atoms with Gasteiger partial charge in [-0.25, -0.2) is 0 Å². The van der Waals surface area contributed by atoms with E-state index < -0.39 is 23.6 Å². The lowest BCUT2D eigenvalue weighted by molar-refractivity contribution is -0.137. The highest BCUT2D eigenvalue weighted by atomic mass is 19.4. The molecule has 1 heterocycles. The van der Waals surface area contributed by atoms with Crippen LogP contribution in [-0.4, -0.2) is 42.4 Å². The molecule has 1 aromatic carbocycles. The zero-order valence-electron chi connectivity index (χ0n) is 14.9. The fourth-order valence-corrected chi connectivity index (χ4v) is 2.95. The van der Waals surface area contributed by atoms with Gasteiger partial charge in [0.2, 0.25) is 0 Å². The highest BCUT2D eigenvalue weighted by Gasteiger charge is 2.30. The van der Waals surface area contributed by atoms with Crippen molar-refractivity contribution in [2.24, 2.45) is 5.92 Å². The van der Waals surface area contributed by atoms with Crippen molar-refractivity contribution in [1.82, 2.24) is 10.2 Å². The van der Waals surface area contributed by atoms with Gasteiger partial charge in [-0.1, -0.05) is 6.07 Å². The number of piperidine rings is 1. The fourth-order valence-electron chi connectivity index (χ4n) is 2.95. The van der Waals surface area contributed by atoms with E-state index in [2.05, 4.69) is 29.4 Å². The molecule has 0 radical (unpaired) electrons. The van der Waals surface area contributed by atoms with Gasteiger partial charge in [0.25, 0.3) is 0 Å². The van der Waals surface area contributed by atoms with E-state index >= 15 is 0 Å². The molecule has 1 aliphatic heterocycles. The van der Waals surface area contributed by atoms with E-state index in [1.807, 2.05) is 0 Å². The Hall–Kier alpha value is -2.09. The summed E-state index contributed by atoms with van der Waals surface area (Å²) in [7, 11) is 0. The Morgan fingerprint density at radius 1 is 1.19 bits per heavy atom. The largest absolute Gasteiger partial charge is 0.416 e. The fraction of sp³-hybridized carbons (Fsp3) is 0.556. The third-order valence-electron chi connectivity index (χ3n) is 4.58. The molecule has 8 heteroatoms. The predicted octanol–water partition coefficient (Wildman–Crippen LogP) is 2.88. The second-order valence-corrected chi connectivity index (χ2v) is 6.82. The van der Waals surface area contributed by atoms with Gasteiger partial charge in [-0.05, 0) is 63.9 Å². The predicted molar refractivity (Wildman–Crippen MR) is 92.5 cm³/mol. The zero-order chi connectivity index (χ0) is 19.3. The molecule has 0 unspecified atom stereocenters. The number of alkyl halides is 3. The number of nitrogens with zero attached hydrogens (tertiary/aromatic N) is 1. The highest BCUT2D eigenvalue weighted by molar-refractivity contribution is 6.39. The number of carbonyl (C=O) groups is 2. The van der Waals surface area contributed by atoms with Crippen LogP contribution in [0.25, 0.3) is 0 Å². The minimum atomic E-state index is -4.51. The van der Waals surface area contributed by atoms with E-state index in [-0.39, 0.29) is 5.69 Å². The molecule has 26 heavy (non-hydrogen) atoms. The molecule has 2 rings (SSSR count). The molecule has 1 aliphatic rings. The third-order valence-corrected chi connectivity index (χ3v) is 4.58. The van der Waals surface area contributed by atoms with Crippen molar-refractivity contribution in [3.05, 3.63) is 29.8 Å². The first-order valence-corrected chi connectivity index (χ1v) is 8.67. The number of benzene rings is 1. The van der Waals surface area contributed by atoms with Crippen LogP contribution in [0.2, 0.25) is 0 Å². The molecule has 2 N–H and O–H groups in total. The van der Waals surface area contributed by atoms with Crippen molar-refractivity contribution < 1.29 is 22.8 Å². The number of hydrogen-bond donors (Lipinski definition) is 2. The first-order chi connectivity index (χ1) is 12.2. The van der Waals surface area contributed by atoms with E-state index in [1.165, 1.54) is 12.1 Å². The average molecular weight is 371 g/mol. The molecule has 0 bridgehead atoms. The van der Waals surface area contributed by atoms with Crippen LogP contribution in [0.3, 0.4) is 0 Å². The maximum atomic E-state index is 12.7. The van der Waals surface area contributed by atoms with Crippen LogP contribution in [-0.2, 0) is 15.8 Å². The van der Waals surface area contributed by atoms with E-state index in [0.717, 1.165) is 38.1 Å². The van der Waals surface area contributed by atoms with Crippen molar-refractivity contribution in [2.45, 2.75) is 38.9 Å². The van der Waals surface area contributed by atoms with Crippen LogP contribution in [0, 0.1) is 5.92 Å². The van der Waals surface area contributed by atoms with E-state index in [0.29, 0.717) is 18.5 Å². The second kappa shape index (κ2) is 8.53. The van der Waals surface area contributed by atoms with Crippen molar-refractivity contribution in [1.29, 1.82) is 0 Å². The molecule has 0 saturated carbocycles. The molecule has 1 fully saturated rings. The van der Waals surface area contributed by atoms with Crippen LogP contribution in [0.15, 0.2) is 24.3 Å². The third kappa shape index (κ3) is 5.72. The normalized spacial score (nSPS) is 16.5. The van der Waals surface area contributed by atoms with Gasteiger partial charge >= 0.3 is 18.0 Å². The molecule has 5 nitrogen and oxygen atoms in total. The number of amides is 2. The first-order valence-electron chi connectivity index (χ1n) is 8.67. The molecule has 0 spiro atoms. The Bertz CT molecular complexity index is 639. The van der Waals surface area contributed by atoms with Gasteiger partial charge in [0.1, 0.15) is 0 Å². The average Bonchev–Trinajstić information content (AvgIpc) is 2.59. The van der Waals surface area contributed by atoms with Crippen molar-refractivity contribution >= 4 is 17.5 Å². The van der Waals surface area contributed by atoms with E-state index in [4.69, 9.17) is 0 Å². The maximum Gasteiger partial charge on any atom is 0.416 e. The summed E-state index contributed by atoms with van der Waals surface area (Å²) in [4.78, 5) is 26.1. The van der Waals surface area contributed by atoms with Crippen LogP contribution in [0.4, 0.5) is 18.9 Å². The number of rotatable bonds is 4. The van der Waals surface area contributed by atoms with Gasteiger partial charge in [0, 0.05) is 18.3 Å². The molecule has 0 aromatic heterocycles. The Morgan fingerprint density at radius 2 is 1.85 bits per heavy atom. The summed E-state index contributed by atoms with van der Waals surface area (Å²) in [5, 5.41) is 4.77. The Balaban J connectivity index is 1.81. The minimum absolute atomic E-state index is 0.0646. The topological polar surface area (TPSA) is 61.4 Å². The van der Waals surface area contributed by atoms with Crippen molar-refractivity contribution in [2.75, 3.05) is 25.0 Å². The Labute approximate surface area is 150 Å². The quantitative estimate of drug-likeness (QED) is 0.800. The van der Waals surface area contributed by atoms with Crippen molar-refractivity contribution in [3.63, 3.8) is 0 Å². The lowest BCUT2D eigenvalue weighted by atomic mass is 9.96. The van der Waals surface area contributed by atoms with Gasteiger partial charge in [-0.3, -0.25) is 9.59 Å². The zero-order valence-corrected chi connectivity index (χ0v) is 14.9. The lowest BCUT2D eigenvalue weighted by Gasteiger charge is -2.34. The maximum absolute atomic E-state index is 12.7. The molecule has 2 amide bonds. The summed E-state index contributed by atoms with van der Waals surface area (Å²) < 4.78 is 38.0. The highest BCUT2D eigenvalue weighted by Crippen LogP contribution is 2.30. The molecule has 0 aliphatic carbocycles. The molecule has 0 atom stereocenters. The summed E-state index contributed by atoms with van der Waals surface area (Å²) in [5.74, 6) is -1.51. The molecule has 144 valence electrons. The van der Waals surface area contributed by atoms with Gasteiger partial charge in [0.15, 0.2) is 0 Å². The van der Waals surface area contributed by atoms with E-state index in [9.17, 15) is 22.8 Å². The second-order valence-electron chi connectivity index (χ2n) is 6.82. The SMILES string of the molecule is CC(C)N1CCC(CNC(=O)C(=O)Nc2cccc(C(F)(F)F)c2)CC1. The van der Waals surface area contributed by atoms with Crippen LogP contribution < -0.4 is 10.6 Å². The number of carbonyl (C=O) groups excluding carboxylic acids is 2. The van der Waals surface area contributed by atoms with Gasteiger partial charge in [-0.15, -0.1) is 0 Å². The Morgan fingerprint density at radius 3 is 2.42 bits per heavy atom. The number of likely N-dealkylation sites (tertiary alicyclic amines) is 1. The number of halogens is 3. The summed E-state index contributed by atoms with van der Waals surface area (Å²) in [5.41, 5.74) is -0.946. The first kappa shape index (κ1) is 20.2. The molecule has 1 saturated heterocycles. The number of nitrogens with one attached hydrogen (secondary N) is 2. The lowest BCUT2D eigenvalue weighted by Crippen LogP contribution is -2.43. The van der Waals surface area contributed by atoms with Gasteiger partial charge in [-0.2, -0.15) is 13.2 Å². The van der Waals surface area contributed by atoms with Crippen LogP contribution in [0.5, 0.6) is 0 Å². The summed E-state index contributed by atoms with van der Waals surface area (Å²) in [6.07, 6.45) is -2.63. The number of hydrogen-bond acceptors (Lipinski definition) is 3. The standard InChI is InChI=1S/C18H24F3N3O2/c1-12(2)24-8-6-13(7-9-24)11-22-16(25)17(26)23-15-5-3-4-14(10-15)18(19,20)21/h3-5,10,12-13H,6-9,11H2,1-2H3,(H,22,25)(H,23,26). The van der Waals surface area contributed by atoms with Gasteiger partial charge < -0.3 is 15.5 Å². The smallest absolute Gasteiger partial charge is 0.348 e. The summed E-state index contributed by atoms with van der Waals surface area (Å²) in [6.45, 7) is 6.57. The summed E-state index contributed by atoms with van der Waals surface area (Å²) >= 11 is 0. The van der Waals surface area contributed by atoms with Crippen molar-refractivity contribution in [3.8, 4) is 0 Å². The molecular weight excluding hydrogens is 347 g/mol. The Kier molecular flexibility index (Phi) is 6.63. The van der Waals surface area contributed by atoms with Crippen LogP contribution in [0.1, 0.15) is 32.3 Å². The van der Waals surface area contributed by atoms with E-state index in [1.54, 1.807) is 0 Å². The summed E-state index contributed by atoms with van der Waals surface area (Å²) in [6, 6.07) is 4.68. The molecular formula is C18H24F3N3O2. The monoisotopic (exact) mass is 371 g/mol.